The average Bonchev–Trinajstić information content (AvgIpc) is 2.38. The van der Waals surface area contributed by atoms with Crippen molar-refractivity contribution in [1.29, 1.82) is 0 Å². The number of nitrogens with zero attached hydrogens (tertiary/aromatic N) is 1. The lowest BCUT2D eigenvalue weighted by atomic mass is 10.1. The molecule has 0 saturated carbocycles. The predicted octanol–water partition coefficient (Wildman–Crippen LogP) is 3.37. The van der Waals surface area contributed by atoms with Crippen LogP contribution >= 0.6 is 0 Å². The van der Waals surface area contributed by atoms with Crippen molar-refractivity contribution in [2.45, 2.75) is 13.7 Å². The van der Waals surface area contributed by atoms with E-state index in [4.69, 9.17) is 6.85 Å². The van der Waals surface area contributed by atoms with E-state index in [0.717, 1.165) is 5.56 Å². The molecular formula is C13H13N. The number of hydrogen-bond donors (Lipinski definition) is 0. The van der Waals surface area contributed by atoms with Crippen LogP contribution in [0.25, 0.3) is 11.3 Å². The van der Waals surface area contributed by atoms with Crippen molar-refractivity contribution in [2.24, 2.45) is 0 Å². The molecule has 0 spiro atoms. The van der Waals surface area contributed by atoms with Crippen LogP contribution in [0.1, 0.15) is 18.0 Å². The first-order chi connectivity index (χ1) is 8.88. The van der Waals surface area contributed by atoms with Crippen LogP contribution in [-0.2, 0) is 0 Å². The molecule has 1 aromatic carbocycles. The average molecular weight is 188 g/mol. The molecule has 0 saturated heterocycles. The molecule has 70 valence electrons. The highest BCUT2D eigenvalue weighted by Gasteiger charge is 1.97. The molecular weight excluding hydrogens is 170 g/mol. The molecule has 0 aliphatic heterocycles. The molecule has 0 N–H and O–H groups in total. The maximum Gasteiger partial charge on any atom is 0.0702 e. The second-order valence-electron chi connectivity index (χ2n) is 3.05. The molecule has 0 aliphatic rings. The smallest absolute Gasteiger partial charge is 0.0702 e. The lowest BCUT2D eigenvalue weighted by Crippen LogP contribution is -1.83. The summed E-state index contributed by atoms with van der Waals surface area (Å²) in [5.74, 6) is 0. The van der Waals surface area contributed by atoms with E-state index < -0.39 is 13.7 Å². The van der Waals surface area contributed by atoms with Crippen LogP contribution in [0.3, 0.4) is 0 Å². The standard InChI is InChI=1S/C13H13N/c1-10-3-6-12(7-4-10)13-8-5-11(2)9-14-13/h3-9H,1-2H3/i1D3,2D2. The fraction of sp³-hybridized carbons (Fsp3) is 0.154. The normalized spacial score (nSPS) is 16.5. The van der Waals surface area contributed by atoms with E-state index in [1.54, 1.807) is 36.4 Å². The van der Waals surface area contributed by atoms with Gasteiger partial charge in [-0.2, -0.15) is 0 Å². The third-order valence-corrected chi connectivity index (χ3v) is 1.97. The summed E-state index contributed by atoms with van der Waals surface area (Å²) in [4.78, 5) is 4.18. The lowest BCUT2D eigenvalue weighted by Gasteiger charge is -2.01. The van der Waals surface area contributed by atoms with Crippen LogP contribution in [0.4, 0.5) is 0 Å². The Bertz CT molecular complexity index is 543. The fourth-order valence-corrected chi connectivity index (χ4v) is 1.22. The van der Waals surface area contributed by atoms with E-state index in [2.05, 4.69) is 4.98 Å². The molecule has 1 aromatic heterocycles. The van der Waals surface area contributed by atoms with Gasteiger partial charge >= 0.3 is 0 Å². The van der Waals surface area contributed by atoms with Gasteiger partial charge in [-0.3, -0.25) is 4.98 Å². The molecule has 0 amide bonds. The molecule has 0 fully saturated rings. The molecule has 0 bridgehead atoms. The maximum absolute atomic E-state index is 7.30. The predicted molar refractivity (Wildman–Crippen MR) is 59.1 cm³/mol. The van der Waals surface area contributed by atoms with Crippen LogP contribution in [-0.4, -0.2) is 4.98 Å². The molecule has 0 unspecified atom stereocenters. The van der Waals surface area contributed by atoms with E-state index in [1.165, 1.54) is 6.20 Å². The first kappa shape index (κ1) is 4.74. The third kappa shape index (κ3) is 1.82. The third-order valence-electron chi connectivity index (χ3n) is 1.97. The SMILES string of the molecule is [2H]C([2H])c1ccc(-c2ccc(C([2H])([2H])[2H])cc2)nc1. The summed E-state index contributed by atoms with van der Waals surface area (Å²) < 4.78 is 36.4. The van der Waals surface area contributed by atoms with E-state index in [9.17, 15) is 0 Å². The van der Waals surface area contributed by atoms with Crippen molar-refractivity contribution in [3.63, 3.8) is 0 Å². The molecule has 2 rings (SSSR count). The Hall–Kier alpha value is -1.63. The Morgan fingerprint density at radius 2 is 1.79 bits per heavy atom. The number of rotatable bonds is 1. The number of aromatic nitrogens is 1. The summed E-state index contributed by atoms with van der Waals surface area (Å²) in [6.07, 6.45) is 1.50. The zero-order chi connectivity index (χ0) is 14.0. The van der Waals surface area contributed by atoms with E-state index in [-0.39, 0.29) is 0 Å². The summed E-state index contributed by atoms with van der Waals surface area (Å²) in [7, 11) is 0. The second kappa shape index (κ2) is 3.62. The summed E-state index contributed by atoms with van der Waals surface area (Å²) in [6.45, 7) is -3.14. The van der Waals surface area contributed by atoms with Gasteiger partial charge in [-0.1, -0.05) is 35.9 Å². The van der Waals surface area contributed by atoms with Crippen LogP contribution < -0.4 is 0 Å². The topological polar surface area (TPSA) is 12.9 Å². The fourth-order valence-electron chi connectivity index (χ4n) is 1.22. The van der Waals surface area contributed by atoms with E-state index in [0.29, 0.717) is 16.8 Å². The van der Waals surface area contributed by atoms with Gasteiger partial charge in [0.15, 0.2) is 0 Å². The number of aryl methyl sites for hydroxylation is 2. The van der Waals surface area contributed by atoms with Crippen molar-refractivity contribution < 1.29 is 6.85 Å². The summed E-state index contributed by atoms with van der Waals surface area (Å²) >= 11 is 0. The molecule has 0 aliphatic carbocycles. The molecule has 14 heavy (non-hydrogen) atoms. The van der Waals surface area contributed by atoms with Crippen LogP contribution in [0, 0.1) is 13.7 Å². The van der Waals surface area contributed by atoms with Crippen LogP contribution in [0.15, 0.2) is 42.6 Å². The van der Waals surface area contributed by atoms with Gasteiger partial charge in [0.2, 0.25) is 0 Å². The molecule has 0 radical (unpaired) electrons. The lowest BCUT2D eigenvalue weighted by molar-refractivity contribution is 1.27. The van der Waals surface area contributed by atoms with Gasteiger partial charge in [-0.15, -0.1) is 0 Å². The van der Waals surface area contributed by atoms with Gasteiger partial charge in [-0.05, 0) is 25.4 Å². The zero-order valence-corrected chi connectivity index (χ0v) is 7.57. The maximum atomic E-state index is 7.30. The minimum atomic E-state index is -2.10. The Morgan fingerprint density at radius 3 is 2.36 bits per heavy atom. The van der Waals surface area contributed by atoms with Crippen molar-refractivity contribution in [2.75, 3.05) is 0 Å². The van der Waals surface area contributed by atoms with Crippen molar-refractivity contribution >= 4 is 0 Å². The quantitative estimate of drug-likeness (QED) is 0.668. The number of benzene rings is 1. The largest absolute Gasteiger partial charge is 0.256 e. The van der Waals surface area contributed by atoms with Gasteiger partial charge < -0.3 is 0 Å². The summed E-state index contributed by atoms with van der Waals surface area (Å²) in [5.41, 5.74) is 2.33. The van der Waals surface area contributed by atoms with Gasteiger partial charge in [0, 0.05) is 18.6 Å². The summed E-state index contributed by atoms with van der Waals surface area (Å²) in [5, 5.41) is 0. The van der Waals surface area contributed by atoms with Gasteiger partial charge in [0.25, 0.3) is 0 Å². The highest BCUT2D eigenvalue weighted by atomic mass is 14.7. The highest BCUT2D eigenvalue weighted by molar-refractivity contribution is 5.59. The molecule has 1 nitrogen and oxygen atoms in total. The summed E-state index contributed by atoms with van der Waals surface area (Å²) in [6, 6.07) is 9.97. The van der Waals surface area contributed by atoms with Crippen molar-refractivity contribution in [3.8, 4) is 11.3 Å². The minimum Gasteiger partial charge on any atom is -0.256 e. The Morgan fingerprint density at radius 1 is 1.00 bits per heavy atom. The van der Waals surface area contributed by atoms with Crippen molar-refractivity contribution in [1.82, 2.24) is 4.98 Å². The van der Waals surface area contributed by atoms with Crippen molar-refractivity contribution in [3.05, 3.63) is 53.7 Å². The first-order valence-corrected chi connectivity index (χ1v) is 4.29. The van der Waals surface area contributed by atoms with Crippen LogP contribution in [0.2, 0.25) is 0 Å². The number of pyridine rings is 1. The molecule has 2 aromatic rings. The van der Waals surface area contributed by atoms with Gasteiger partial charge in [0.05, 0.1) is 5.69 Å². The molecule has 1 heterocycles. The second-order valence-corrected chi connectivity index (χ2v) is 3.05. The number of hydrogen-bond acceptors (Lipinski definition) is 1. The van der Waals surface area contributed by atoms with Gasteiger partial charge in [0.1, 0.15) is 0 Å². The van der Waals surface area contributed by atoms with E-state index in [1.807, 2.05) is 0 Å². The van der Waals surface area contributed by atoms with E-state index >= 15 is 0 Å². The Labute approximate surface area is 91.5 Å². The highest BCUT2D eigenvalue weighted by Crippen LogP contribution is 2.17. The van der Waals surface area contributed by atoms with Gasteiger partial charge in [-0.25, -0.2) is 0 Å². The first-order valence-electron chi connectivity index (χ1n) is 6.95. The molecule has 1 heteroatoms. The Balaban J connectivity index is 2.27. The Kier molecular flexibility index (Phi) is 1.23. The zero-order valence-electron chi connectivity index (χ0n) is 12.6. The molecule has 0 atom stereocenters. The minimum absolute atomic E-state index is 0.297. The monoisotopic (exact) mass is 188 g/mol. The van der Waals surface area contributed by atoms with Crippen LogP contribution in [0.5, 0.6) is 0 Å².